The number of carbonyl (C=O) groups excluding carboxylic acids is 1. The van der Waals surface area contributed by atoms with Crippen molar-refractivity contribution in [1.29, 1.82) is 0 Å². The van der Waals surface area contributed by atoms with Gasteiger partial charge in [0.05, 0.1) is 18.2 Å². The Morgan fingerprint density at radius 1 is 1.06 bits per heavy atom. The third-order valence-electron chi connectivity index (χ3n) is 6.26. The zero-order valence-electron chi connectivity index (χ0n) is 17.3. The molecule has 0 unspecified atom stereocenters. The Morgan fingerprint density at radius 2 is 1.75 bits per heavy atom. The average Bonchev–Trinajstić information content (AvgIpc) is 3.34. The third-order valence-corrected chi connectivity index (χ3v) is 6.26. The lowest BCUT2D eigenvalue weighted by Crippen LogP contribution is -2.51. The van der Waals surface area contributed by atoms with Crippen LogP contribution in [0, 0.1) is 0 Å². The highest BCUT2D eigenvalue weighted by molar-refractivity contribution is 5.85. The lowest BCUT2D eigenvalue weighted by atomic mass is 10.1. The highest BCUT2D eigenvalue weighted by Gasteiger charge is 2.44. The summed E-state index contributed by atoms with van der Waals surface area (Å²) in [5, 5.41) is 3.16. The second kappa shape index (κ2) is 10.3. The molecule has 3 aliphatic rings. The van der Waals surface area contributed by atoms with E-state index in [1.165, 1.54) is 17.0 Å². The average molecular weight is 505 g/mol. The number of likely N-dealkylation sites (tertiary alicyclic amines) is 1. The van der Waals surface area contributed by atoms with Gasteiger partial charge in [0, 0.05) is 57.4 Å². The van der Waals surface area contributed by atoms with Crippen molar-refractivity contribution in [3.8, 4) is 0 Å². The van der Waals surface area contributed by atoms with Crippen LogP contribution in [0.4, 0.5) is 27.6 Å². The third kappa shape index (κ3) is 5.95. The molecule has 3 heterocycles. The molecule has 182 valence electrons. The summed E-state index contributed by atoms with van der Waals surface area (Å²) in [6.07, 6.45) is -4.09. The molecule has 0 aliphatic carbocycles. The molecular weight excluding hydrogens is 478 g/mol. The van der Waals surface area contributed by atoms with Crippen LogP contribution in [0.1, 0.15) is 18.4 Å². The van der Waals surface area contributed by atoms with Crippen LogP contribution in [0.2, 0.25) is 0 Å². The monoisotopic (exact) mass is 504 g/mol. The van der Waals surface area contributed by atoms with E-state index in [0.29, 0.717) is 44.8 Å². The Morgan fingerprint density at radius 3 is 2.34 bits per heavy atom. The molecule has 4 rings (SSSR count). The van der Waals surface area contributed by atoms with Crippen LogP contribution in [-0.2, 0) is 11.0 Å². The van der Waals surface area contributed by atoms with Crippen molar-refractivity contribution in [2.24, 2.45) is 0 Å². The van der Waals surface area contributed by atoms with Gasteiger partial charge < -0.3 is 15.1 Å². The van der Waals surface area contributed by atoms with Gasteiger partial charge in [-0.2, -0.15) is 13.2 Å². The van der Waals surface area contributed by atoms with Crippen LogP contribution in [-0.4, -0.2) is 79.5 Å². The molecule has 1 aromatic rings. The Kier molecular flexibility index (Phi) is 8.63. The first kappa shape index (κ1) is 26.9. The Balaban J connectivity index is 0.00000181. The van der Waals surface area contributed by atoms with Crippen LogP contribution in [0.5, 0.6) is 0 Å². The molecule has 0 bridgehead atoms. The highest BCUT2D eigenvalue weighted by Crippen LogP contribution is 2.32. The largest absolute Gasteiger partial charge is 0.416 e. The number of carbonyl (C=O) groups is 1. The fourth-order valence-corrected chi connectivity index (χ4v) is 4.55. The summed E-state index contributed by atoms with van der Waals surface area (Å²) < 4.78 is 65.6. The van der Waals surface area contributed by atoms with E-state index in [0.717, 1.165) is 6.07 Å². The number of nitrogens with zero attached hydrogens (tertiary/aromatic N) is 3. The number of hydrogen-bond donors (Lipinski definition) is 1. The van der Waals surface area contributed by atoms with E-state index in [1.807, 2.05) is 4.90 Å². The van der Waals surface area contributed by atoms with Crippen molar-refractivity contribution < 1.29 is 26.7 Å². The molecular formula is C20H27Cl2F5N4O. The quantitative estimate of drug-likeness (QED) is 0.641. The summed E-state index contributed by atoms with van der Waals surface area (Å²) in [6.45, 7) is 2.71. The van der Waals surface area contributed by atoms with E-state index in [4.69, 9.17) is 0 Å². The number of rotatable bonds is 3. The smallest absolute Gasteiger partial charge is 0.369 e. The summed E-state index contributed by atoms with van der Waals surface area (Å²) in [5.74, 6) is -3.06. The molecule has 1 amide bonds. The van der Waals surface area contributed by atoms with Gasteiger partial charge in [-0.1, -0.05) is 6.07 Å². The molecule has 32 heavy (non-hydrogen) atoms. The van der Waals surface area contributed by atoms with Gasteiger partial charge in [0.2, 0.25) is 5.91 Å². The zero-order valence-corrected chi connectivity index (χ0v) is 18.9. The number of nitrogens with one attached hydrogen (secondary N) is 1. The summed E-state index contributed by atoms with van der Waals surface area (Å²) >= 11 is 0. The van der Waals surface area contributed by atoms with Gasteiger partial charge >= 0.3 is 6.18 Å². The fraction of sp³-hybridized carbons (Fsp3) is 0.650. The van der Waals surface area contributed by atoms with Gasteiger partial charge in [-0.05, 0) is 24.6 Å². The highest BCUT2D eigenvalue weighted by atomic mass is 35.5. The molecule has 3 saturated heterocycles. The zero-order chi connectivity index (χ0) is 21.5. The van der Waals surface area contributed by atoms with Crippen molar-refractivity contribution in [2.75, 3.05) is 50.7 Å². The molecule has 3 aliphatic heterocycles. The fourth-order valence-electron chi connectivity index (χ4n) is 4.55. The van der Waals surface area contributed by atoms with Gasteiger partial charge in [-0.3, -0.25) is 9.69 Å². The van der Waals surface area contributed by atoms with Crippen LogP contribution < -0.4 is 10.2 Å². The molecule has 0 aromatic heterocycles. The van der Waals surface area contributed by atoms with Crippen molar-refractivity contribution in [3.05, 3.63) is 29.8 Å². The number of hydrogen-bond acceptors (Lipinski definition) is 4. The maximum atomic E-state index is 13.4. The van der Waals surface area contributed by atoms with Crippen LogP contribution in [0.15, 0.2) is 24.3 Å². The number of benzene rings is 1. The second-order valence-corrected chi connectivity index (χ2v) is 8.29. The molecule has 1 N–H and O–H groups in total. The standard InChI is InChI=1S/C20H25F5N4O.2ClH/c21-19(22)4-5-29(13-19)18(30)17-11-16(12-26-17)28-8-6-27(7-9-28)15-3-1-2-14(10-15)20(23,24)25;;/h1-3,10,16-17,26H,4-9,11-13H2;2*1H/t16-,17-;;/m0../s1. The van der Waals surface area contributed by atoms with E-state index in [1.54, 1.807) is 6.07 Å². The number of anilines is 1. The first-order valence-corrected chi connectivity index (χ1v) is 10.2. The maximum absolute atomic E-state index is 13.4. The van der Waals surface area contributed by atoms with Crippen LogP contribution in [0.25, 0.3) is 0 Å². The predicted molar refractivity (Wildman–Crippen MR) is 116 cm³/mol. The first-order valence-electron chi connectivity index (χ1n) is 10.2. The van der Waals surface area contributed by atoms with Crippen molar-refractivity contribution in [1.82, 2.24) is 15.1 Å². The predicted octanol–water partition coefficient (Wildman–Crippen LogP) is 3.27. The number of alkyl halides is 5. The maximum Gasteiger partial charge on any atom is 0.416 e. The molecule has 3 fully saturated rings. The lowest BCUT2D eigenvalue weighted by molar-refractivity contribution is -0.137. The minimum absolute atomic E-state index is 0. The molecule has 5 nitrogen and oxygen atoms in total. The van der Waals surface area contributed by atoms with Gasteiger partial charge in [0.25, 0.3) is 5.92 Å². The van der Waals surface area contributed by atoms with E-state index in [2.05, 4.69) is 10.2 Å². The van der Waals surface area contributed by atoms with Gasteiger partial charge in [0.15, 0.2) is 0 Å². The molecule has 0 radical (unpaired) electrons. The Bertz CT molecular complexity index is 789. The molecule has 0 spiro atoms. The van der Waals surface area contributed by atoms with Crippen LogP contribution >= 0.6 is 24.8 Å². The van der Waals surface area contributed by atoms with Gasteiger partial charge in [0.1, 0.15) is 0 Å². The van der Waals surface area contributed by atoms with E-state index in [9.17, 15) is 26.7 Å². The molecule has 12 heteroatoms. The Labute approximate surface area is 196 Å². The van der Waals surface area contributed by atoms with E-state index >= 15 is 0 Å². The van der Waals surface area contributed by atoms with Crippen LogP contribution in [0.3, 0.4) is 0 Å². The van der Waals surface area contributed by atoms with Crippen molar-refractivity contribution in [2.45, 2.75) is 37.0 Å². The topological polar surface area (TPSA) is 38.8 Å². The minimum Gasteiger partial charge on any atom is -0.369 e. The lowest BCUT2D eigenvalue weighted by Gasteiger charge is -2.39. The summed E-state index contributed by atoms with van der Waals surface area (Å²) in [7, 11) is 0. The first-order chi connectivity index (χ1) is 14.1. The Hall–Kier alpha value is -1.36. The normalized spacial score (nSPS) is 25.9. The molecule has 1 aromatic carbocycles. The number of piperazine rings is 1. The second-order valence-electron chi connectivity index (χ2n) is 8.29. The molecule has 2 atom stereocenters. The van der Waals surface area contributed by atoms with Gasteiger partial charge in [-0.25, -0.2) is 8.78 Å². The summed E-state index contributed by atoms with van der Waals surface area (Å²) in [4.78, 5) is 17.9. The van der Waals surface area contributed by atoms with E-state index in [-0.39, 0.29) is 49.7 Å². The SMILES string of the molecule is Cl.Cl.O=C([C@@H]1C[C@H](N2CCN(c3cccc(C(F)(F)F)c3)CC2)CN1)N1CCC(F)(F)C1. The number of halogens is 7. The van der Waals surface area contributed by atoms with E-state index < -0.39 is 30.2 Å². The van der Waals surface area contributed by atoms with Crippen molar-refractivity contribution in [3.63, 3.8) is 0 Å². The van der Waals surface area contributed by atoms with Crippen molar-refractivity contribution >= 4 is 36.4 Å². The molecule has 0 saturated carbocycles. The number of amides is 1. The van der Waals surface area contributed by atoms with Gasteiger partial charge in [-0.15, -0.1) is 24.8 Å². The summed E-state index contributed by atoms with van der Waals surface area (Å²) in [6, 6.07) is 5.01. The summed E-state index contributed by atoms with van der Waals surface area (Å²) in [5.41, 5.74) is -0.103. The minimum atomic E-state index is -4.37.